The van der Waals surface area contributed by atoms with Crippen molar-refractivity contribution in [3.63, 3.8) is 0 Å². The van der Waals surface area contributed by atoms with Crippen LogP contribution in [0, 0.1) is 0 Å². The monoisotopic (exact) mass is 292 g/mol. The molecule has 0 saturated carbocycles. The highest BCUT2D eigenvalue weighted by Crippen LogP contribution is 2.13. The molecule has 0 bridgehead atoms. The number of nitrogens with one attached hydrogen (secondary N) is 1. The van der Waals surface area contributed by atoms with Crippen LogP contribution in [0.1, 0.15) is 34.1 Å². The SMILES string of the molecule is CC(CCNC(=O)N(CC(=O)O)C(C)(C)C)S(C)=O. The number of carboxylic acids is 1. The zero-order chi connectivity index (χ0) is 15.2. The maximum absolute atomic E-state index is 12.0. The lowest BCUT2D eigenvalue weighted by Crippen LogP contribution is -2.52. The molecule has 0 aromatic carbocycles. The summed E-state index contributed by atoms with van der Waals surface area (Å²) in [7, 11) is -0.921. The Labute approximate surface area is 117 Å². The Balaban J connectivity index is 4.42. The highest BCUT2D eigenvalue weighted by Gasteiger charge is 2.28. The van der Waals surface area contributed by atoms with Crippen molar-refractivity contribution in [2.24, 2.45) is 0 Å². The topological polar surface area (TPSA) is 86.7 Å². The molecule has 112 valence electrons. The first kappa shape index (κ1) is 17.9. The lowest BCUT2D eigenvalue weighted by molar-refractivity contribution is -0.138. The molecule has 0 rings (SSSR count). The quantitative estimate of drug-likeness (QED) is 0.766. The Bertz CT molecular complexity index is 352. The van der Waals surface area contributed by atoms with E-state index in [4.69, 9.17) is 5.11 Å². The number of rotatable bonds is 6. The smallest absolute Gasteiger partial charge is 0.323 e. The van der Waals surface area contributed by atoms with Gasteiger partial charge in [-0.05, 0) is 27.2 Å². The van der Waals surface area contributed by atoms with E-state index < -0.39 is 28.3 Å². The third-order valence-electron chi connectivity index (χ3n) is 2.74. The molecule has 0 aliphatic carbocycles. The van der Waals surface area contributed by atoms with Gasteiger partial charge in [-0.2, -0.15) is 0 Å². The van der Waals surface area contributed by atoms with E-state index in [0.717, 1.165) is 0 Å². The van der Waals surface area contributed by atoms with Crippen molar-refractivity contribution in [3.8, 4) is 0 Å². The Morgan fingerprint density at radius 1 is 1.37 bits per heavy atom. The molecule has 19 heavy (non-hydrogen) atoms. The van der Waals surface area contributed by atoms with Crippen LogP contribution in [0.25, 0.3) is 0 Å². The van der Waals surface area contributed by atoms with E-state index in [1.165, 1.54) is 4.90 Å². The van der Waals surface area contributed by atoms with Crippen molar-refractivity contribution in [2.45, 2.75) is 44.9 Å². The number of hydrogen-bond donors (Lipinski definition) is 2. The highest BCUT2D eigenvalue weighted by atomic mass is 32.2. The standard InChI is InChI=1S/C12H24N2O4S/c1-9(19(5)18)6-7-13-11(17)14(8-10(15)16)12(2,3)4/h9H,6-8H2,1-5H3,(H,13,17)(H,15,16). The maximum Gasteiger partial charge on any atom is 0.323 e. The second-order valence-corrected chi connectivity index (χ2v) is 7.28. The molecule has 0 saturated heterocycles. The summed E-state index contributed by atoms with van der Waals surface area (Å²) < 4.78 is 11.2. The van der Waals surface area contributed by atoms with Gasteiger partial charge in [-0.25, -0.2) is 4.79 Å². The number of carboxylic acid groups (broad SMARTS) is 1. The molecule has 0 aliphatic heterocycles. The molecule has 2 unspecified atom stereocenters. The summed E-state index contributed by atoms with van der Waals surface area (Å²) in [6.07, 6.45) is 2.22. The van der Waals surface area contributed by atoms with Crippen molar-refractivity contribution in [1.29, 1.82) is 0 Å². The van der Waals surface area contributed by atoms with Crippen LogP contribution in [0.15, 0.2) is 0 Å². The van der Waals surface area contributed by atoms with Gasteiger partial charge < -0.3 is 15.3 Å². The molecule has 0 spiro atoms. The predicted molar refractivity (Wildman–Crippen MR) is 75.6 cm³/mol. The molecule has 7 heteroatoms. The average molecular weight is 292 g/mol. The van der Waals surface area contributed by atoms with Gasteiger partial charge in [-0.1, -0.05) is 6.92 Å². The van der Waals surface area contributed by atoms with E-state index in [1.54, 1.807) is 27.0 Å². The van der Waals surface area contributed by atoms with Crippen LogP contribution in [0.5, 0.6) is 0 Å². The van der Waals surface area contributed by atoms with E-state index in [0.29, 0.717) is 13.0 Å². The molecule has 0 fully saturated rings. The Kier molecular flexibility index (Phi) is 7.04. The van der Waals surface area contributed by atoms with Crippen LogP contribution in [0.4, 0.5) is 4.79 Å². The molecule has 0 heterocycles. The van der Waals surface area contributed by atoms with Gasteiger partial charge in [0.25, 0.3) is 0 Å². The van der Waals surface area contributed by atoms with Gasteiger partial charge in [0.05, 0.1) is 0 Å². The Morgan fingerprint density at radius 2 is 1.89 bits per heavy atom. The molecule has 6 nitrogen and oxygen atoms in total. The van der Waals surface area contributed by atoms with E-state index in [9.17, 15) is 13.8 Å². The first-order valence-corrected chi connectivity index (χ1v) is 7.77. The predicted octanol–water partition coefficient (Wildman–Crippen LogP) is 1.04. The van der Waals surface area contributed by atoms with Crippen LogP contribution in [0.3, 0.4) is 0 Å². The van der Waals surface area contributed by atoms with Crippen LogP contribution in [0.2, 0.25) is 0 Å². The normalized spacial score (nSPS) is 14.6. The molecule has 2 atom stereocenters. The van der Waals surface area contributed by atoms with Crippen molar-refractivity contribution < 1.29 is 18.9 Å². The van der Waals surface area contributed by atoms with Crippen molar-refractivity contribution in [2.75, 3.05) is 19.3 Å². The zero-order valence-corrected chi connectivity index (χ0v) is 13.0. The minimum atomic E-state index is -1.05. The van der Waals surface area contributed by atoms with Gasteiger partial charge in [0.15, 0.2) is 0 Å². The Hall–Kier alpha value is -1.11. The van der Waals surface area contributed by atoms with Gasteiger partial charge in [0, 0.05) is 34.4 Å². The molecule has 0 radical (unpaired) electrons. The molecule has 0 aromatic rings. The van der Waals surface area contributed by atoms with E-state index >= 15 is 0 Å². The minimum Gasteiger partial charge on any atom is -0.480 e. The summed E-state index contributed by atoms with van der Waals surface area (Å²) in [5.41, 5.74) is -0.568. The van der Waals surface area contributed by atoms with E-state index in [1.807, 2.05) is 6.92 Å². The number of carbonyl (C=O) groups excluding carboxylic acids is 1. The zero-order valence-electron chi connectivity index (χ0n) is 12.2. The van der Waals surface area contributed by atoms with Gasteiger partial charge in [-0.15, -0.1) is 0 Å². The molecule has 0 aliphatic rings. The first-order chi connectivity index (χ1) is 8.55. The lowest BCUT2D eigenvalue weighted by atomic mass is 10.1. The average Bonchev–Trinajstić information content (AvgIpc) is 2.23. The van der Waals surface area contributed by atoms with Gasteiger partial charge >= 0.3 is 12.0 Å². The van der Waals surface area contributed by atoms with Crippen molar-refractivity contribution >= 4 is 22.8 Å². The summed E-state index contributed by atoms with van der Waals surface area (Å²) in [5, 5.41) is 11.5. The summed E-state index contributed by atoms with van der Waals surface area (Å²) in [6.45, 7) is 7.22. The summed E-state index contributed by atoms with van der Waals surface area (Å²) in [6, 6.07) is -0.413. The van der Waals surface area contributed by atoms with Gasteiger partial charge in [0.1, 0.15) is 6.54 Å². The largest absolute Gasteiger partial charge is 0.480 e. The second-order valence-electron chi connectivity index (χ2n) is 5.48. The third-order valence-corrected chi connectivity index (χ3v) is 4.11. The Morgan fingerprint density at radius 3 is 2.26 bits per heavy atom. The molecule has 2 amide bonds. The number of hydrogen-bond acceptors (Lipinski definition) is 3. The number of amides is 2. The lowest BCUT2D eigenvalue weighted by Gasteiger charge is -2.34. The van der Waals surface area contributed by atoms with Gasteiger partial charge in [0.2, 0.25) is 0 Å². The van der Waals surface area contributed by atoms with Crippen LogP contribution >= 0.6 is 0 Å². The number of aliphatic carboxylic acids is 1. The fourth-order valence-corrected chi connectivity index (χ4v) is 1.84. The number of nitrogens with zero attached hydrogens (tertiary/aromatic N) is 1. The summed E-state index contributed by atoms with van der Waals surface area (Å²) >= 11 is 0. The fraction of sp³-hybridized carbons (Fsp3) is 0.833. The van der Waals surface area contributed by atoms with Crippen molar-refractivity contribution in [3.05, 3.63) is 0 Å². The molecule has 0 aromatic heterocycles. The first-order valence-electron chi connectivity index (χ1n) is 6.15. The van der Waals surface area contributed by atoms with Gasteiger partial charge in [-0.3, -0.25) is 9.00 Å². The van der Waals surface area contributed by atoms with Crippen molar-refractivity contribution in [1.82, 2.24) is 10.2 Å². The molecular formula is C12H24N2O4S. The van der Waals surface area contributed by atoms with E-state index in [-0.39, 0.29) is 11.8 Å². The fourth-order valence-electron chi connectivity index (χ4n) is 1.39. The van der Waals surface area contributed by atoms with E-state index in [2.05, 4.69) is 5.32 Å². The number of carbonyl (C=O) groups is 2. The maximum atomic E-state index is 12.0. The van der Waals surface area contributed by atoms with Crippen LogP contribution < -0.4 is 5.32 Å². The van der Waals surface area contributed by atoms with Crippen LogP contribution in [-0.4, -0.2) is 56.3 Å². The minimum absolute atomic E-state index is 0.00265. The summed E-state index contributed by atoms with van der Waals surface area (Å²) in [5.74, 6) is -1.05. The number of urea groups is 1. The molecule has 2 N–H and O–H groups in total. The second kappa shape index (κ2) is 7.47. The molecular weight excluding hydrogens is 268 g/mol. The summed E-state index contributed by atoms with van der Waals surface area (Å²) in [4.78, 5) is 24.0. The van der Waals surface area contributed by atoms with Crippen LogP contribution in [-0.2, 0) is 15.6 Å². The third kappa shape index (κ3) is 7.15. The highest BCUT2D eigenvalue weighted by molar-refractivity contribution is 7.84.